The van der Waals surface area contributed by atoms with Gasteiger partial charge in [-0.2, -0.15) is 0 Å². The molecule has 1 aliphatic rings. The molecule has 11 heteroatoms. The molecule has 0 atom stereocenters. The molecule has 3 aromatic rings. The van der Waals surface area contributed by atoms with Crippen molar-refractivity contribution in [3.63, 3.8) is 0 Å². The van der Waals surface area contributed by atoms with Gasteiger partial charge in [0.1, 0.15) is 0 Å². The third kappa shape index (κ3) is 4.67. The van der Waals surface area contributed by atoms with Crippen molar-refractivity contribution in [2.75, 3.05) is 37.3 Å². The fourth-order valence-electron chi connectivity index (χ4n) is 3.44. The molecule has 0 spiro atoms. The van der Waals surface area contributed by atoms with Crippen LogP contribution in [0.3, 0.4) is 0 Å². The second kappa shape index (κ2) is 8.23. The standard InChI is InChI=1S/C20H20N4O5S2/c1-31(28,29)16-5-2-14(3-6-16)12-19(25)22-8-10-23(11-9-22)20-21-17-7-4-15(24(26)27)13-18(17)30-20/h2-7,13H,8-12H2,1H3. The van der Waals surface area contributed by atoms with Crippen molar-refractivity contribution in [3.05, 3.63) is 58.1 Å². The molecule has 4 rings (SSSR count). The molecule has 0 bridgehead atoms. The number of thiazole rings is 1. The molecular formula is C20H20N4O5S2. The summed E-state index contributed by atoms with van der Waals surface area (Å²) in [6.07, 6.45) is 1.37. The number of hydrogen-bond donors (Lipinski definition) is 0. The normalized spacial score (nSPS) is 14.7. The van der Waals surface area contributed by atoms with Crippen LogP contribution in [0, 0.1) is 10.1 Å². The molecule has 0 N–H and O–H groups in total. The molecule has 1 saturated heterocycles. The minimum atomic E-state index is -3.26. The molecule has 1 fully saturated rings. The highest BCUT2D eigenvalue weighted by atomic mass is 32.2. The summed E-state index contributed by atoms with van der Waals surface area (Å²) in [7, 11) is -3.26. The maximum Gasteiger partial charge on any atom is 0.270 e. The SMILES string of the molecule is CS(=O)(=O)c1ccc(CC(=O)N2CCN(c3nc4ccc([N+](=O)[O-])cc4s3)CC2)cc1. The van der Waals surface area contributed by atoms with Gasteiger partial charge in [-0.3, -0.25) is 14.9 Å². The molecule has 1 aliphatic heterocycles. The van der Waals surface area contributed by atoms with E-state index >= 15 is 0 Å². The number of carbonyl (C=O) groups excluding carboxylic acids is 1. The fraction of sp³-hybridized carbons (Fsp3) is 0.300. The number of amides is 1. The van der Waals surface area contributed by atoms with Gasteiger partial charge in [-0.15, -0.1) is 0 Å². The Kier molecular flexibility index (Phi) is 5.63. The molecule has 0 unspecified atom stereocenters. The Hall–Kier alpha value is -3.05. The summed E-state index contributed by atoms with van der Waals surface area (Å²) in [6, 6.07) is 11.0. The zero-order valence-corrected chi connectivity index (χ0v) is 18.4. The maximum atomic E-state index is 12.6. The molecule has 2 heterocycles. The quantitative estimate of drug-likeness (QED) is 0.424. The summed E-state index contributed by atoms with van der Waals surface area (Å²) in [5, 5.41) is 11.8. The number of nitro groups is 1. The lowest BCUT2D eigenvalue weighted by molar-refractivity contribution is -0.384. The number of benzene rings is 2. The van der Waals surface area contributed by atoms with Crippen molar-refractivity contribution in [3.8, 4) is 0 Å². The highest BCUT2D eigenvalue weighted by Crippen LogP contribution is 2.31. The van der Waals surface area contributed by atoms with Gasteiger partial charge in [0.25, 0.3) is 5.69 Å². The predicted molar refractivity (Wildman–Crippen MR) is 118 cm³/mol. The Morgan fingerprint density at radius 1 is 1.13 bits per heavy atom. The molecule has 2 aromatic carbocycles. The summed E-state index contributed by atoms with van der Waals surface area (Å²) in [6.45, 7) is 2.36. The Balaban J connectivity index is 1.37. The third-order valence-corrected chi connectivity index (χ3v) is 7.39. The third-order valence-electron chi connectivity index (χ3n) is 5.18. The zero-order chi connectivity index (χ0) is 22.2. The molecule has 9 nitrogen and oxygen atoms in total. The minimum Gasteiger partial charge on any atom is -0.345 e. The van der Waals surface area contributed by atoms with Crippen molar-refractivity contribution < 1.29 is 18.1 Å². The average molecular weight is 461 g/mol. The first-order chi connectivity index (χ1) is 14.7. The number of sulfone groups is 1. The number of piperazine rings is 1. The lowest BCUT2D eigenvalue weighted by Crippen LogP contribution is -2.49. The highest BCUT2D eigenvalue weighted by Gasteiger charge is 2.23. The van der Waals surface area contributed by atoms with Gasteiger partial charge in [0.05, 0.1) is 26.5 Å². The molecular weight excluding hydrogens is 440 g/mol. The van der Waals surface area contributed by atoms with Gasteiger partial charge in [0, 0.05) is 44.6 Å². The van der Waals surface area contributed by atoms with E-state index in [1.807, 2.05) is 0 Å². The van der Waals surface area contributed by atoms with Crippen LogP contribution in [-0.2, 0) is 21.1 Å². The number of nitro benzene ring substituents is 1. The van der Waals surface area contributed by atoms with E-state index in [9.17, 15) is 23.3 Å². The van der Waals surface area contributed by atoms with E-state index < -0.39 is 14.8 Å². The van der Waals surface area contributed by atoms with Gasteiger partial charge in [0.2, 0.25) is 5.91 Å². The number of nitrogens with zero attached hydrogens (tertiary/aromatic N) is 4. The molecule has 1 amide bonds. The molecule has 0 saturated carbocycles. The summed E-state index contributed by atoms with van der Waals surface area (Å²) in [4.78, 5) is 31.9. The van der Waals surface area contributed by atoms with Gasteiger partial charge in [-0.25, -0.2) is 13.4 Å². The van der Waals surface area contributed by atoms with Crippen LogP contribution in [-0.4, -0.2) is 61.6 Å². The molecule has 0 aliphatic carbocycles. The lowest BCUT2D eigenvalue weighted by Gasteiger charge is -2.34. The van der Waals surface area contributed by atoms with Crippen molar-refractivity contribution >= 4 is 48.1 Å². The van der Waals surface area contributed by atoms with Gasteiger partial charge in [0.15, 0.2) is 15.0 Å². The van der Waals surface area contributed by atoms with E-state index in [4.69, 9.17) is 0 Å². The van der Waals surface area contributed by atoms with Crippen LogP contribution < -0.4 is 4.90 Å². The second-order valence-electron chi connectivity index (χ2n) is 7.37. The van der Waals surface area contributed by atoms with Crippen LogP contribution in [0.1, 0.15) is 5.56 Å². The van der Waals surface area contributed by atoms with E-state index in [2.05, 4.69) is 9.88 Å². The number of rotatable bonds is 5. The van der Waals surface area contributed by atoms with Crippen LogP contribution in [0.25, 0.3) is 10.2 Å². The average Bonchev–Trinajstić information content (AvgIpc) is 3.17. The summed E-state index contributed by atoms with van der Waals surface area (Å²) in [5.74, 6) is -0.00770. The Morgan fingerprint density at radius 3 is 2.42 bits per heavy atom. The van der Waals surface area contributed by atoms with E-state index in [1.165, 1.54) is 35.6 Å². The van der Waals surface area contributed by atoms with Gasteiger partial charge in [-0.05, 0) is 23.8 Å². The highest BCUT2D eigenvalue weighted by molar-refractivity contribution is 7.90. The van der Waals surface area contributed by atoms with Crippen LogP contribution in [0.2, 0.25) is 0 Å². The Morgan fingerprint density at radius 2 is 1.81 bits per heavy atom. The number of anilines is 1. The molecule has 31 heavy (non-hydrogen) atoms. The number of hydrogen-bond acceptors (Lipinski definition) is 8. The first-order valence-corrected chi connectivity index (χ1v) is 12.3. The van der Waals surface area contributed by atoms with E-state index in [0.717, 1.165) is 27.2 Å². The fourth-order valence-corrected chi connectivity index (χ4v) is 5.12. The number of non-ortho nitro benzene ring substituents is 1. The predicted octanol–water partition coefficient (Wildman–Crippen LogP) is 2.50. The van der Waals surface area contributed by atoms with Crippen LogP contribution in [0.5, 0.6) is 0 Å². The van der Waals surface area contributed by atoms with Crippen molar-refractivity contribution in [2.24, 2.45) is 0 Å². The largest absolute Gasteiger partial charge is 0.345 e. The number of aromatic nitrogens is 1. The minimum absolute atomic E-state index is 0.00770. The van der Waals surface area contributed by atoms with Gasteiger partial charge >= 0.3 is 0 Å². The lowest BCUT2D eigenvalue weighted by atomic mass is 10.1. The van der Waals surface area contributed by atoms with Crippen LogP contribution in [0.15, 0.2) is 47.4 Å². The monoisotopic (exact) mass is 460 g/mol. The summed E-state index contributed by atoms with van der Waals surface area (Å²) >= 11 is 1.41. The van der Waals surface area contributed by atoms with Crippen molar-refractivity contribution in [1.29, 1.82) is 0 Å². The first-order valence-electron chi connectivity index (χ1n) is 9.57. The van der Waals surface area contributed by atoms with Gasteiger partial charge < -0.3 is 9.80 Å². The number of fused-ring (bicyclic) bond motifs is 1. The maximum absolute atomic E-state index is 12.6. The topological polar surface area (TPSA) is 114 Å². The molecule has 162 valence electrons. The first kappa shape index (κ1) is 21.2. The zero-order valence-electron chi connectivity index (χ0n) is 16.7. The van der Waals surface area contributed by atoms with E-state index in [1.54, 1.807) is 23.1 Å². The Labute approximate surface area is 183 Å². The Bertz CT molecular complexity index is 1250. The molecule has 0 radical (unpaired) electrons. The van der Waals surface area contributed by atoms with Crippen molar-refractivity contribution in [2.45, 2.75) is 11.3 Å². The summed E-state index contributed by atoms with van der Waals surface area (Å²) < 4.78 is 23.9. The summed E-state index contributed by atoms with van der Waals surface area (Å²) in [5.41, 5.74) is 1.54. The number of carbonyl (C=O) groups is 1. The van der Waals surface area contributed by atoms with Gasteiger partial charge in [-0.1, -0.05) is 23.5 Å². The van der Waals surface area contributed by atoms with E-state index in [-0.39, 0.29) is 22.9 Å². The second-order valence-corrected chi connectivity index (χ2v) is 10.4. The van der Waals surface area contributed by atoms with E-state index in [0.29, 0.717) is 26.2 Å². The smallest absolute Gasteiger partial charge is 0.270 e. The van der Waals surface area contributed by atoms with Crippen molar-refractivity contribution in [1.82, 2.24) is 9.88 Å². The van der Waals surface area contributed by atoms with Crippen LogP contribution in [0.4, 0.5) is 10.8 Å². The van der Waals surface area contributed by atoms with Crippen LogP contribution >= 0.6 is 11.3 Å². The molecule has 1 aromatic heterocycles.